The van der Waals surface area contributed by atoms with Crippen LogP contribution < -0.4 is 14.4 Å². The zero-order valence-corrected chi connectivity index (χ0v) is 27.4. The van der Waals surface area contributed by atoms with Gasteiger partial charge in [0.1, 0.15) is 30.0 Å². The van der Waals surface area contributed by atoms with Gasteiger partial charge in [0, 0.05) is 19.0 Å². The monoisotopic (exact) mass is 663 g/mol. The van der Waals surface area contributed by atoms with Crippen molar-refractivity contribution in [3.05, 3.63) is 126 Å². The lowest BCUT2D eigenvalue weighted by Gasteiger charge is -2.34. The molecule has 248 valence electrons. The molecule has 0 aliphatic rings. The van der Waals surface area contributed by atoms with Crippen molar-refractivity contribution in [1.29, 1.82) is 0 Å². The minimum absolute atomic E-state index is 0.0990. The Balaban J connectivity index is 1.80. The number of sulfonamides is 1. The van der Waals surface area contributed by atoms with Crippen molar-refractivity contribution in [3.63, 3.8) is 0 Å². The first-order valence-corrected chi connectivity index (χ1v) is 16.8. The van der Waals surface area contributed by atoms with E-state index in [1.165, 1.54) is 41.3 Å². The maximum Gasteiger partial charge on any atom is 0.264 e. The summed E-state index contributed by atoms with van der Waals surface area (Å²) >= 11 is 0. The van der Waals surface area contributed by atoms with Crippen LogP contribution in [0.25, 0.3) is 0 Å². The zero-order chi connectivity index (χ0) is 34.0. The van der Waals surface area contributed by atoms with Crippen molar-refractivity contribution in [2.75, 3.05) is 17.5 Å². The molecule has 0 bridgehead atoms. The van der Waals surface area contributed by atoms with Crippen molar-refractivity contribution in [2.45, 2.75) is 57.1 Å². The molecule has 2 atom stereocenters. The van der Waals surface area contributed by atoms with Crippen molar-refractivity contribution in [3.8, 4) is 5.75 Å². The zero-order valence-electron chi connectivity index (χ0n) is 26.6. The summed E-state index contributed by atoms with van der Waals surface area (Å²) in [5.74, 6) is -1.66. The van der Waals surface area contributed by atoms with Gasteiger partial charge in [-0.1, -0.05) is 49.4 Å². The highest BCUT2D eigenvalue weighted by atomic mass is 32.2. The normalized spacial score (nSPS) is 12.5. The van der Waals surface area contributed by atoms with E-state index >= 15 is 0 Å². The van der Waals surface area contributed by atoms with Crippen molar-refractivity contribution >= 4 is 27.5 Å². The molecular weight excluding hydrogens is 624 g/mol. The molecule has 47 heavy (non-hydrogen) atoms. The van der Waals surface area contributed by atoms with Crippen LogP contribution in [0.15, 0.2) is 108 Å². The van der Waals surface area contributed by atoms with Crippen LogP contribution in [0, 0.1) is 11.6 Å². The topological polar surface area (TPSA) is 96.0 Å². The number of rotatable bonds is 15. The van der Waals surface area contributed by atoms with Crippen LogP contribution in [-0.4, -0.2) is 50.4 Å². The lowest BCUT2D eigenvalue weighted by Crippen LogP contribution is -2.54. The van der Waals surface area contributed by atoms with Gasteiger partial charge in [-0.15, -0.1) is 0 Å². The van der Waals surface area contributed by atoms with Gasteiger partial charge in [0.15, 0.2) is 0 Å². The Hall–Kier alpha value is -4.77. The van der Waals surface area contributed by atoms with Crippen LogP contribution in [0.5, 0.6) is 5.75 Å². The third kappa shape index (κ3) is 9.38. The van der Waals surface area contributed by atoms with Gasteiger partial charge in [0.05, 0.1) is 17.2 Å². The number of anilines is 1. The predicted molar refractivity (Wildman–Crippen MR) is 177 cm³/mol. The Kier molecular flexibility index (Phi) is 12.1. The Bertz CT molecular complexity index is 1720. The molecule has 0 aliphatic heterocycles. The van der Waals surface area contributed by atoms with Crippen LogP contribution in [0.1, 0.15) is 38.3 Å². The average Bonchev–Trinajstić information content (AvgIpc) is 3.07. The smallest absolute Gasteiger partial charge is 0.264 e. The van der Waals surface area contributed by atoms with E-state index in [-0.39, 0.29) is 29.6 Å². The molecule has 0 radical (unpaired) electrons. The molecular formula is C36H39F2N3O5S. The summed E-state index contributed by atoms with van der Waals surface area (Å²) in [6.07, 6.45) is 0.793. The maximum absolute atomic E-state index is 14.5. The van der Waals surface area contributed by atoms with Gasteiger partial charge >= 0.3 is 0 Å². The summed E-state index contributed by atoms with van der Waals surface area (Å²) in [6.45, 7) is 5.21. The number of ether oxygens (including phenoxy) is 1. The van der Waals surface area contributed by atoms with Gasteiger partial charge in [0.25, 0.3) is 10.0 Å². The largest absolute Gasteiger partial charge is 0.494 e. The van der Waals surface area contributed by atoms with Crippen LogP contribution in [0.4, 0.5) is 14.5 Å². The molecule has 8 nitrogen and oxygen atoms in total. The highest BCUT2D eigenvalue weighted by Gasteiger charge is 2.35. The number of carbonyl (C=O) groups is 2. The van der Waals surface area contributed by atoms with E-state index in [2.05, 4.69) is 5.32 Å². The fourth-order valence-electron chi connectivity index (χ4n) is 4.92. The lowest BCUT2D eigenvalue weighted by atomic mass is 10.0. The van der Waals surface area contributed by atoms with Gasteiger partial charge in [0.2, 0.25) is 11.8 Å². The number of hydrogen-bond acceptors (Lipinski definition) is 5. The molecule has 0 saturated heterocycles. The first-order valence-electron chi connectivity index (χ1n) is 15.4. The molecule has 4 aromatic rings. The minimum atomic E-state index is -4.40. The molecule has 0 aliphatic carbocycles. The number of nitrogens with one attached hydrogen (secondary N) is 1. The third-order valence-corrected chi connectivity index (χ3v) is 9.44. The molecule has 4 aromatic carbocycles. The van der Waals surface area contributed by atoms with E-state index in [9.17, 15) is 26.8 Å². The van der Waals surface area contributed by atoms with Crippen LogP contribution in [0.3, 0.4) is 0 Å². The molecule has 0 aromatic heterocycles. The van der Waals surface area contributed by atoms with Crippen LogP contribution in [0.2, 0.25) is 0 Å². The van der Waals surface area contributed by atoms with E-state index in [0.717, 1.165) is 34.1 Å². The van der Waals surface area contributed by atoms with Crippen LogP contribution >= 0.6 is 0 Å². The van der Waals surface area contributed by atoms with Crippen molar-refractivity contribution in [2.24, 2.45) is 0 Å². The number of amides is 2. The Labute approximate surface area is 275 Å². The summed E-state index contributed by atoms with van der Waals surface area (Å²) in [6, 6.07) is 24.0. The fraction of sp³-hybridized carbons (Fsp3) is 0.278. The van der Waals surface area contributed by atoms with Crippen molar-refractivity contribution in [1.82, 2.24) is 10.2 Å². The summed E-state index contributed by atoms with van der Waals surface area (Å²) in [5, 5.41) is 2.97. The molecule has 0 unspecified atom stereocenters. The molecule has 0 fully saturated rings. The second-order valence-corrected chi connectivity index (χ2v) is 12.9. The number of nitrogens with zero attached hydrogens (tertiary/aromatic N) is 2. The van der Waals surface area contributed by atoms with Gasteiger partial charge < -0.3 is 15.0 Å². The molecule has 11 heteroatoms. The third-order valence-electron chi connectivity index (χ3n) is 7.65. The predicted octanol–water partition coefficient (Wildman–Crippen LogP) is 6.11. The summed E-state index contributed by atoms with van der Waals surface area (Å²) < 4.78 is 62.2. The highest BCUT2D eigenvalue weighted by Crippen LogP contribution is 2.27. The first-order chi connectivity index (χ1) is 22.5. The summed E-state index contributed by atoms with van der Waals surface area (Å²) in [7, 11) is -4.40. The van der Waals surface area contributed by atoms with Gasteiger partial charge in [-0.05, 0) is 92.1 Å². The van der Waals surface area contributed by atoms with E-state index in [1.807, 2.05) is 51.1 Å². The van der Waals surface area contributed by atoms with Gasteiger partial charge in [-0.2, -0.15) is 0 Å². The number of halogens is 2. The Morgan fingerprint density at radius 1 is 0.809 bits per heavy atom. The Morgan fingerprint density at radius 2 is 1.40 bits per heavy atom. The second-order valence-electron chi connectivity index (χ2n) is 11.1. The fourth-order valence-corrected chi connectivity index (χ4v) is 6.33. The molecule has 0 saturated carbocycles. The molecule has 0 heterocycles. The standard InChI is InChI=1S/C36H39F2N3O5S/c1-4-26(3)39-36(43)34(23-27-9-7-6-8-10-27)40(24-28-11-13-29(37)14-12-28)35(42)25-41(31-17-19-32(20-18-31)46-5-2)47(44,45)33-21-15-30(38)16-22-33/h6-22,26,34H,4-5,23-25H2,1-3H3,(H,39,43)/t26-,34-/m0/s1. The van der Waals surface area contributed by atoms with E-state index < -0.39 is 46.1 Å². The van der Waals surface area contributed by atoms with Gasteiger partial charge in [-0.3, -0.25) is 13.9 Å². The van der Waals surface area contributed by atoms with E-state index in [1.54, 1.807) is 12.1 Å². The number of hydrogen-bond donors (Lipinski definition) is 1. The molecule has 0 spiro atoms. The van der Waals surface area contributed by atoms with E-state index in [4.69, 9.17) is 4.74 Å². The molecule has 4 rings (SSSR count). The maximum atomic E-state index is 14.5. The highest BCUT2D eigenvalue weighted by molar-refractivity contribution is 7.92. The molecule has 1 N–H and O–H groups in total. The second kappa shape index (κ2) is 16.2. The lowest BCUT2D eigenvalue weighted by molar-refractivity contribution is -0.140. The van der Waals surface area contributed by atoms with E-state index in [0.29, 0.717) is 24.3 Å². The number of carbonyl (C=O) groups excluding carboxylic acids is 2. The van der Waals surface area contributed by atoms with Crippen LogP contribution in [-0.2, 0) is 32.6 Å². The SMILES string of the molecule is CCOc1ccc(N(CC(=O)N(Cc2ccc(F)cc2)[C@@H](Cc2ccccc2)C(=O)N[C@@H](C)CC)S(=O)(=O)c2ccc(F)cc2)cc1. The number of benzene rings is 4. The van der Waals surface area contributed by atoms with Gasteiger partial charge in [-0.25, -0.2) is 17.2 Å². The molecule has 2 amide bonds. The minimum Gasteiger partial charge on any atom is -0.494 e. The summed E-state index contributed by atoms with van der Waals surface area (Å²) in [5.41, 5.74) is 1.50. The summed E-state index contributed by atoms with van der Waals surface area (Å²) in [4.78, 5) is 29.4. The Morgan fingerprint density at radius 3 is 1.98 bits per heavy atom. The average molecular weight is 664 g/mol. The van der Waals surface area contributed by atoms with Crippen molar-refractivity contribution < 1.29 is 31.5 Å². The first kappa shape index (κ1) is 35.1. The quantitative estimate of drug-likeness (QED) is 0.166.